The number of aryl methyl sites for hydroxylation is 2. The van der Waals surface area contributed by atoms with Crippen molar-refractivity contribution in [3.8, 4) is 10.6 Å². The second-order valence-electron chi connectivity index (χ2n) is 9.24. The summed E-state index contributed by atoms with van der Waals surface area (Å²) in [4.78, 5) is 36.1. The first kappa shape index (κ1) is 24.5. The minimum absolute atomic E-state index is 0.0669. The van der Waals surface area contributed by atoms with Crippen LogP contribution in [0, 0.1) is 13.8 Å². The Bertz CT molecular complexity index is 1520. The van der Waals surface area contributed by atoms with Crippen LogP contribution in [0.4, 0.5) is 11.4 Å². The van der Waals surface area contributed by atoms with Crippen LogP contribution >= 0.6 is 11.3 Å². The van der Waals surface area contributed by atoms with Crippen LogP contribution in [0.2, 0.25) is 0 Å². The molecule has 1 amide bonds. The van der Waals surface area contributed by atoms with Gasteiger partial charge in [0.15, 0.2) is 5.76 Å². The first-order chi connectivity index (χ1) is 17.8. The summed E-state index contributed by atoms with van der Waals surface area (Å²) in [5.41, 5.74) is 4.78. The summed E-state index contributed by atoms with van der Waals surface area (Å²) in [7, 11) is 3.90. The van der Waals surface area contributed by atoms with Crippen LogP contribution in [0.15, 0.2) is 90.2 Å². The van der Waals surface area contributed by atoms with Crippen LogP contribution in [0.5, 0.6) is 0 Å². The van der Waals surface area contributed by atoms with E-state index in [9.17, 15) is 14.7 Å². The lowest BCUT2D eigenvalue weighted by Gasteiger charge is -2.28. The summed E-state index contributed by atoms with van der Waals surface area (Å²) in [6, 6.07) is 24.0. The van der Waals surface area contributed by atoms with Gasteiger partial charge in [0.25, 0.3) is 5.91 Å². The largest absolute Gasteiger partial charge is 0.503 e. The van der Waals surface area contributed by atoms with Gasteiger partial charge in [0, 0.05) is 31.0 Å². The van der Waals surface area contributed by atoms with Crippen LogP contribution in [0.1, 0.15) is 32.5 Å². The third kappa shape index (κ3) is 4.32. The molecule has 1 N–H and O–H groups in total. The van der Waals surface area contributed by atoms with Crippen LogP contribution in [0.3, 0.4) is 0 Å². The monoisotopic (exact) mass is 509 g/mol. The molecule has 186 valence electrons. The van der Waals surface area contributed by atoms with Crippen molar-refractivity contribution in [2.75, 3.05) is 23.9 Å². The number of aromatic nitrogens is 1. The van der Waals surface area contributed by atoms with Crippen LogP contribution in [-0.2, 0) is 4.79 Å². The molecule has 1 aromatic heterocycles. The minimum atomic E-state index is -0.779. The summed E-state index contributed by atoms with van der Waals surface area (Å²) in [6.45, 7) is 3.69. The second kappa shape index (κ2) is 9.67. The molecule has 5 rings (SSSR count). The number of para-hydroxylation sites is 1. The SMILES string of the molecule is Cc1ccccc1N1C(=O)C(O)=C(C(=O)c2sc(-c3ccccc3)nc2C)C1c1ccc(N(C)C)cc1. The highest BCUT2D eigenvalue weighted by Gasteiger charge is 2.45. The van der Waals surface area contributed by atoms with Crippen LogP contribution < -0.4 is 9.80 Å². The Kier molecular flexibility index (Phi) is 6.39. The summed E-state index contributed by atoms with van der Waals surface area (Å²) >= 11 is 1.27. The Morgan fingerprint density at radius 1 is 0.946 bits per heavy atom. The van der Waals surface area contributed by atoms with Gasteiger partial charge in [0.1, 0.15) is 5.01 Å². The summed E-state index contributed by atoms with van der Waals surface area (Å²) < 4.78 is 0. The van der Waals surface area contributed by atoms with Crippen molar-refractivity contribution < 1.29 is 14.7 Å². The molecule has 1 atom stereocenters. The highest BCUT2D eigenvalue weighted by molar-refractivity contribution is 7.17. The lowest BCUT2D eigenvalue weighted by molar-refractivity contribution is -0.117. The zero-order valence-electron chi connectivity index (χ0n) is 21.1. The maximum absolute atomic E-state index is 14.1. The molecule has 0 bridgehead atoms. The van der Waals surface area contributed by atoms with Crippen molar-refractivity contribution in [1.29, 1.82) is 0 Å². The predicted molar refractivity (Wildman–Crippen MR) is 148 cm³/mol. The number of thiazole rings is 1. The van der Waals surface area contributed by atoms with E-state index >= 15 is 0 Å². The molecule has 0 saturated carbocycles. The zero-order valence-corrected chi connectivity index (χ0v) is 21.9. The third-order valence-corrected chi connectivity index (χ3v) is 7.78. The van der Waals surface area contributed by atoms with E-state index in [0.29, 0.717) is 21.3 Å². The standard InChI is InChI=1S/C30H27N3O3S/c1-18-10-8-9-13-23(18)33-25(20-14-16-22(17-15-20)32(3)4)24(27(35)30(33)36)26(34)28-19(2)31-29(37-28)21-11-6-5-7-12-21/h5-17,25,35H,1-4H3. The molecular weight excluding hydrogens is 482 g/mol. The second-order valence-corrected chi connectivity index (χ2v) is 10.2. The molecule has 0 radical (unpaired) electrons. The number of carbonyl (C=O) groups excluding carboxylic acids is 2. The normalized spacial score (nSPS) is 15.4. The first-order valence-corrected chi connectivity index (χ1v) is 12.8. The van der Waals surface area contributed by atoms with Gasteiger partial charge in [-0.2, -0.15) is 0 Å². The van der Waals surface area contributed by atoms with Gasteiger partial charge in [-0.15, -0.1) is 11.3 Å². The molecule has 37 heavy (non-hydrogen) atoms. The molecule has 4 aromatic rings. The number of Topliss-reactive ketones (excluding diaryl/α,β-unsaturated/α-hetero) is 1. The number of aliphatic hydroxyl groups is 1. The van der Waals surface area contributed by atoms with E-state index in [2.05, 4.69) is 4.98 Å². The molecule has 6 nitrogen and oxygen atoms in total. The smallest absolute Gasteiger partial charge is 0.294 e. The molecule has 7 heteroatoms. The molecule has 3 aromatic carbocycles. The lowest BCUT2D eigenvalue weighted by Crippen LogP contribution is -2.31. The maximum atomic E-state index is 14.1. The van der Waals surface area contributed by atoms with E-state index < -0.39 is 17.7 Å². The number of benzene rings is 3. The van der Waals surface area contributed by atoms with Crippen molar-refractivity contribution in [3.05, 3.63) is 112 Å². The van der Waals surface area contributed by atoms with Gasteiger partial charge in [-0.1, -0.05) is 60.7 Å². The number of anilines is 2. The predicted octanol–water partition coefficient (Wildman–Crippen LogP) is 6.28. The number of carbonyl (C=O) groups is 2. The number of hydrogen-bond donors (Lipinski definition) is 1. The molecule has 1 unspecified atom stereocenters. The number of rotatable bonds is 6. The Hall–Kier alpha value is -4.23. The molecule has 2 heterocycles. The van der Waals surface area contributed by atoms with E-state index in [1.807, 2.05) is 105 Å². The Morgan fingerprint density at radius 3 is 2.24 bits per heavy atom. The molecule has 1 aliphatic heterocycles. The number of nitrogens with zero attached hydrogens (tertiary/aromatic N) is 3. The Morgan fingerprint density at radius 2 is 1.59 bits per heavy atom. The van der Waals surface area contributed by atoms with E-state index in [4.69, 9.17) is 0 Å². The molecule has 0 saturated heterocycles. The summed E-state index contributed by atoms with van der Waals surface area (Å²) in [5, 5.41) is 11.9. The van der Waals surface area contributed by atoms with E-state index in [-0.39, 0.29) is 11.4 Å². The van der Waals surface area contributed by atoms with Crippen LogP contribution in [0.25, 0.3) is 10.6 Å². The highest BCUT2D eigenvalue weighted by atomic mass is 32.1. The van der Waals surface area contributed by atoms with Gasteiger partial charge in [0.2, 0.25) is 5.78 Å². The minimum Gasteiger partial charge on any atom is -0.503 e. The summed E-state index contributed by atoms with van der Waals surface area (Å²) in [6.07, 6.45) is 0. The molecular formula is C30H27N3O3S. The highest BCUT2D eigenvalue weighted by Crippen LogP contribution is 2.44. The average Bonchev–Trinajstić information content (AvgIpc) is 3.42. The fourth-order valence-electron chi connectivity index (χ4n) is 4.62. The third-order valence-electron chi connectivity index (χ3n) is 6.58. The molecule has 0 spiro atoms. The van der Waals surface area contributed by atoms with E-state index in [1.54, 1.807) is 6.92 Å². The first-order valence-electron chi connectivity index (χ1n) is 11.9. The topological polar surface area (TPSA) is 73.7 Å². The fourth-order valence-corrected chi connectivity index (χ4v) is 5.65. The van der Waals surface area contributed by atoms with Gasteiger partial charge < -0.3 is 10.0 Å². The Balaban J connectivity index is 1.64. The maximum Gasteiger partial charge on any atom is 0.294 e. The molecule has 0 fully saturated rings. The van der Waals surface area contributed by atoms with Crippen molar-refractivity contribution in [3.63, 3.8) is 0 Å². The molecule has 1 aliphatic rings. The van der Waals surface area contributed by atoms with Crippen molar-refractivity contribution >= 4 is 34.4 Å². The average molecular weight is 510 g/mol. The Labute approximate surface area is 220 Å². The van der Waals surface area contributed by atoms with E-state index in [0.717, 1.165) is 22.4 Å². The molecule has 0 aliphatic carbocycles. The summed E-state index contributed by atoms with van der Waals surface area (Å²) in [5.74, 6) is -1.51. The van der Waals surface area contributed by atoms with E-state index in [1.165, 1.54) is 16.2 Å². The van der Waals surface area contributed by atoms with Gasteiger partial charge >= 0.3 is 0 Å². The zero-order chi connectivity index (χ0) is 26.3. The number of hydrogen-bond acceptors (Lipinski definition) is 6. The van der Waals surface area contributed by atoms with Gasteiger partial charge in [-0.25, -0.2) is 4.98 Å². The van der Waals surface area contributed by atoms with Gasteiger partial charge in [-0.05, 0) is 43.2 Å². The van der Waals surface area contributed by atoms with Crippen molar-refractivity contribution in [2.45, 2.75) is 19.9 Å². The van der Waals surface area contributed by atoms with Crippen molar-refractivity contribution in [2.24, 2.45) is 0 Å². The van der Waals surface area contributed by atoms with Gasteiger partial charge in [0.05, 0.1) is 22.2 Å². The van der Waals surface area contributed by atoms with Gasteiger partial charge in [-0.3, -0.25) is 14.5 Å². The van der Waals surface area contributed by atoms with Crippen molar-refractivity contribution in [1.82, 2.24) is 4.98 Å². The fraction of sp³-hybridized carbons (Fsp3) is 0.167. The quantitative estimate of drug-likeness (QED) is 0.310. The lowest BCUT2D eigenvalue weighted by atomic mass is 9.94. The number of amides is 1. The number of aliphatic hydroxyl groups excluding tert-OH is 1. The van der Waals surface area contributed by atoms with Crippen LogP contribution in [-0.4, -0.2) is 35.9 Å². The number of ketones is 1.